The lowest BCUT2D eigenvalue weighted by Crippen LogP contribution is -2.14. The van der Waals surface area contributed by atoms with Crippen molar-refractivity contribution in [2.24, 2.45) is 16.7 Å². The Bertz CT molecular complexity index is 498. The molecular weight excluding hydrogens is 200 g/mol. The summed E-state index contributed by atoms with van der Waals surface area (Å²) in [7, 11) is 0. The molecule has 1 heterocycles. The molecule has 0 bridgehead atoms. The van der Waals surface area contributed by atoms with E-state index in [0.29, 0.717) is 5.84 Å². The molecule has 16 heavy (non-hydrogen) atoms. The minimum atomic E-state index is 0.511. The van der Waals surface area contributed by atoms with E-state index in [1.807, 2.05) is 6.07 Å². The van der Waals surface area contributed by atoms with E-state index in [-0.39, 0.29) is 0 Å². The van der Waals surface area contributed by atoms with E-state index in [9.17, 15) is 0 Å². The van der Waals surface area contributed by atoms with E-state index in [1.165, 1.54) is 10.9 Å². The van der Waals surface area contributed by atoms with Crippen molar-refractivity contribution in [2.75, 3.05) is 0 Å². The number of rotatable bonds is 4. The van der Waals surface area contributed by atoms with Gasteiger partial charge < -0.3 is 16.1 Å². The number of benzene rings is 1. The van der Waals surface area contributed by atoms with Crippen LogP contribution in [-0.2, 0) is 6.54 Å². The standard InChI is InChI=1S/C12H16N4/c13-12(15-14)6-3-8-16-9-7-10-4-1-2-5-11(10)16/h1-2,4-5,7,9H,3,6,8,14H2,(H2,13,15). The molecule has 4 N–H and O–H groups in total. The molecule has 0 saturated carbocycles. The van der Waals surface area contributed by atoms with Gasteiger partial charge in [-0.25, -0.2) is 0 Å². The van der Waals surface area contributed by atoms with E-state index in [2.05, 4.69) is 40.1 Å². The van der Waals surface area contributed by atoms with Gasteiger partial charge in [-0.1, -0.05) is 18.2 Å². The Balaban J connectivity index is 2.05. The summed E-state index contributed by atoms with van der Waals surface area (Å²) in [4.78, 5) is 0. The predicted octanol–water partition coefficient (Wildman–Crippen LogP) is 1.65. The van der Waals surface area contributed by atoms with Gasteiger partial charge >= 0.3 is 0 Å². The van der Waals surface area contributed by atoms with Crippen LogP contribution in [0.2, 0.25) is 0 Å². The average Bonchev–Trinajstić information content (AvgIpc) is 2.73. The highest BCUT2D eigenvalue weighted by molar-refractivity contribution is 5.80. The van der Waals surface area contributed by atoms with Crippen LogP contribution in [0.1, 0.15) is 12.8 Å². The fourth-order valence-electron chi connectivity index (χ4n) is 1.83. The van der Waals surface area contributed by atoms with E-state index < -0.39 is 0 Å². The van der Waals surface area contributed by atoms with Gasteiger partial charge in [0.05, 0.1) is 0 Å². The Labute approximate surface area is 94.5 Å². The quantitative estimate of drug-likeness (QED) is 0.353. The third-order valence-corrected chi connectivity index (χ3v) is 2.68. The second-order valence-corrected chi connectivity index (χ2v) is 3.79. The van der Waals surface area contributed by atoms with Crippen LogP contribution in [0.15, 0.2) is 41.6 Å². The number of nitrogens with zero attached hydrogens (tertiary/aromatic N) is 2. The maximum atomic E-state index is 5.54. The highest BCUT2D eigenvalue weighted by atomic mass is 15.1. The summed E-state index contributed by atoms with van der Waals surface area (Å²) >= 11 is 0. The van der Waals surface area contributed by atoms with Crippen LogP contribution in [0, 0.1) is 0 Å². The first-order valence-electron chi connectivity index (χ1n) is 5.37. The van der Waals surface area contributed by atoms with E-state index in [1.54, 1.807) is 0 Å². The van der Waals surface area contributed by atoms with Crippen LogP contribution in [0.3, 0.4) is 0 Å². The van der Waals surface area contributed by atoms with Crippen molar-refractivity contribution in [1.82, 2.24) is 4.57 Å². The fraction of sp³-hybridized carbons (Fsp3) is 0.250. The Hall–Kier alpha value is -1.97. The maximum Gasteiger partial charge on any atom is 0.119 e. The predicted molar refractivity (Wildman–Crippen MR) is 67.0 cm³/mol. The van der Waals surface area contributed by atoms with Crippen LogP contribution in [0.4, 0.5) is 0 Å². The van der Waals surface area contributed by atoms with E-state index in [4.69, 9.17) is 11.6 Å². The SMILES string of the molecule is N/N=C(\N)CCCn1ccc2ccccc21. The Kier molecular flexibility index (Phi) is 3.10. The number of para-hydroxylation sites is 1. The molecule has 0 aliphatic heterocycles. The van der Waals surface area contributed by atoms with Crippen molar-refractivity contribution in [3.8, 4) is 0 Å². The van der Waals surface area contributed by atoms with Crippen molar-refractivity contribution in [2.45, 2.75) is 19.4 Å². The zero-order valence-electron chi connectivity index (χ0n) is 9.13. The second kappa shape index (κ2) is 4.70. The fourth-order valence-corrected chi connectivity index (χ4v) is 1.83. The molecule has 0 unspecified atom stereocenters. The molecule has 84 valence electrons. The first kappa shape index (κ1) is 10.5. The number of hydrazone groups is 1. The Morgan fingerprint density at radius 3 is 2.88 bits per heavy atom. The van der Waals surface area contributed by atoms with Crippen LogP contribution in [-0.4, -0.2) is 10.4 Å². The molecule has 0 aliphatic carbocycles. The first-order chi connectivity index (χ1) is 7.81. The van der Waals surface area contributed by atoms with Gasteiger partial charge in [0.1, 0.15) is 5.84 Å². The molecule has 0 spiro atoms. The molecule has 0 aliphatic rings. The minimum Gasteiger partial charge on any atom is -0.386 e. The minimum absolute atomic E-state index is 0.511. The molecule has 2 aromatic rings. The van der Waals surface area contributed by atoms with E-state index in [0.717, 1.165) is 19.4 Å². The number of nitrogens with two attached hydrogens (primary N) is 2. The van der Waals surface area contributed by atoms with Gasteiger partial charge in [-0.3, -0.25) is 0 Å². The van der Waals surface area contributed by atoms with Gasteiger partial charge in [0.25, 0.3) is 0 Å². The van der Waals surface area contributed by atoms with Gasteiger partial charge in [-0.05, 0) is 23.9 Å². The summed E-state index contributed by atoms with van der Waals surface area (Å²) in [6.45, 7) is 0.934. The Morgan fingerprint density at radius 2 is 2.06 bits per heavy atom. The third kappa shape index (κ3) is 2.16. The highest BCUT2D eigenvalue weighted by Crippen LogP contribution is 2.15. The van der Waals surface area contributed by atoms with Gasteiger partial charge in [0.2, 0.25) is 0 Å². The molecule has 1 aromatic carbocycles. The molecule has 0 atom stereocenters. The molecule has 4 nitrogen and oxygen atoms in total. The summed E-state index contributed by atoms with van der Waals surface area (Å²) in [5.74, 6) is 5.59. The molecule has 0 amide bonds. The zero-order chi connectivity index (χ0) is 11.4. The second-order valence-electron chi connectivity index (χ2n) is 3.79. The molecule has 1 aromatic heterocycles. The number of amidine groups is 1. The number of hydrogen-bond donors (Lipinski definition) is 2. The summed E-state index contributed by atoms with van der Waals surface area (Å²) in [5, 5.41) is 4.72. The summed E-state index contributed by atoms with van der Waals surface area (Å²) in [6, 6.07) is 10.5. The van der Waals surface area contributed by atoms with Crippen LogP contribution < -0.4 is 11.6 Å². The number of aromatic nitrogens is 1. The molecular formula is C12H16N4. The molecule has 4 heteroatoms. The molecule has 2 rings (SSSR count). The lowest BCUT2D eigenvalue weighted by atomic mass is 10.2. The average molecular weight is 216 g/mol. The van der Waals surface area contributed by atoms with Crippen molar-refractivity contribution < 1.29 is 0 Å². The van der Waals surface area contributed by atoms with Crippen molar-refractivity contribution >= 4 is 16.7 Å². The lowest BCUT2D eigenvalue weighted by Gasteiger charge is -2.04. The summed E-state index contributed by atoms with van der Waals surface area (Å²) < 4.78 is 2.22. The monoisotopic (exact) mass is 216 g/mol. The van der Waals surface area contributed by atoms with Gasteiger partial charge in [-0.2, -0.15) is 5.10 Å². The molecule has 0 fully saturated rings. The van der Waals surface area contributed by atoms with Crippen molar-refractivity contribution in [1.29, 1.82) is 0 Å². The third-order valence-electron chi connectivity index (χ3n) is 2.68. The summed E-state index contributed by atoms with van der Waals surface area (Å²) in [5.41, 5.74) is 6.80. The first-order valence-corrected chi connectivity index (χ1v) is 5.37. The Morgan fingerprint density at radius 1 is 1.25 bits per heavy atom. The van der Waals surface area contributed by atoms with Gasteiger partial charge in [0.15, 0.2) is 0 Å². The topological polar surface area (TPSA) is 69.3 Å². The van der Waals surface area contributed by atoms with Gasteiger partial charge in [0, 0.05) is 24.7 Å². The normalized spacial score (nSPS) is 12.1. The van der Waals surface area contributed by atoms with E-state index >= 15 is 0 Å². The maximum absolute atomic E-state index is 5.54. The number of hydrogen-bond acceptors (Lipinski definition) is 2. The van der Waals surface area contributed by atoms with Crippen LogP contribution in [0.5, 0.6) is 0 Å². The van der Waals surface area contributed by atoms with Crippen LogP contribution >= 0.6 is 0 Å². The number of aryl methyl sites for hydroxylation is 1. The molecule has 0 radical (unpaired) electrons. The zero-order valence-corrected chi connectivity index (χ0v) is 9.13. The van der Waals surface area contributed by atoms with Crippen molar-refractivity contribution in [3.05, 3.63) is 36.5 Å². The smallest absolute Gasteiger partial charge is 0.119 e. The largest absolute Gasteiger partial charge is 0.386 e. The van der Waals surface area contributed by atoms with Crippen molar-refractivity contribution in [3.63, 3.8) is 0 Å². The van der Waals surface area contributed by atoms with Crippen LogP contribution in [0.25, 0.3) is 10.9 Å². The summed E-state index contributed by atoms with van der Waals surface area (Å²) in [6.07, 6.45) is 3.79. The lowest BCUT2D eigenvalue weighted by molar-refractivity contribution is 0.678. The number of fused-ring (bicyclic) bond motifs is 1. The molecule has 0 saturated heterocycles. The highest BCUT2D eigenvalue weighted by Gasteiger charge is 1.99. The van der Waals surface area contributed by atoms with Gasteiger partial charge in [-0.15, -0.1) is 0 Å².